The first-order valence-electron chi connectivity index (χ1n) is 20.2. The maximum atomic E-state index is 11.3. The number of rotatable bonds is 12. The summed E-state index contributed by atoms with van der Waals surface area (Å²) in [5, 5.41) is 16.6. The zero-order valence-corrected chi connectivity index (χ0v) is 33.6. The predicted octanol–water partition coefficient (Wildman–Crippen LogP) is 8.45. The number of aliphatic imine (C=N–C) groups is 2. The lowest BCUT2D eigenvalue weighted by atomic mass is 9.63. The molecule has 0 radical (unpaired) electrons. The summed E-state index contributed by atoms with van der Waals surface area (Å²) in [5.41, 5.74) is 11.9. The van der Waals surface area contributed by atoms with Crippen molar-refractivity contribution in [3.8, 4) is 11.5 Å². The average molecular weight is 765 g/mol. The summed E-state index contributed by atoms with van der Waals surface area (Å²) in [6.07, 6.45) is 21.0. The molecule has 3 aliphatic rings. The van der Waals surface area contributed by atoms with E-state index in [4.69, 9.17) is 31.2 Å². The van der Waals surface area contributed by atoms with Crippen molar-refractivity contribution < 1.29 is 34.1 Å². The van der Waals surface area contributed by atoms with E-state index < -0.39 is 6.16 Å². The van der Waals surface area contributed by atoms with Gasteiger partial charge in [-0.1, -0.05) is 70.0 Å². The Bertz CT molecular complexity index is 1330. The molecule has 0 bridgehead atoms. The molecule has 3 fully saturated rings. The Kier molecular flexibility index (Phi) is 23.3. The first-order chi connectivity index (χ1) is 26.4. The van der Waals surface area contributed by atoms with E-state index in [-0.39, 0.29) is 30.1 Å². The van der Waals surface area contributed by atoms with Crippen LogP contribution in [0, 0.1) is 22.7 Å². The maximum absolute atomic E-state index is 11.3. The molecular weight excluding hydrogens is 697 g/mol. The number of aliphatic hydroxyl groups excluding tert-OH is 2. The van der Waals surface area contributed by atoms with Gasteiger partial charge in [-0.3, -0.25) is 0 Å². The molecule has 0 aliphatic heterocycles. The largest absolute Gasteiger partial charge is 0.519 e. The molecule has 5 rings (SSSR count). The number of unbranched alkanes of at least 4 members (excludes halogenated alkanes) is 3. The van der Waals surface area contributed by atoms with Crippen LogP contribution in [-0.2, 0) is 9.59 Å². The summed E-state index contributed by atoms with van der Waals surface area (Å²) in [5.74, 6) is 2.88. The normalized spacial score (nSPS) is 25.3. The summed E-state index contributed by atoms with van der Waals surface area (Å²) >= 11 is 0. The van der Waals surface area contributed by atoms with Crippen LogP contribution in [0.4, 0.5) is 4.79 Å². The van der Waals surface area contributed by atoms with Crippen LogP contribution >= 0.6 is 0 Å². The number of carbonyl (C=O) groups is 1. The van der Waals surface area contributed by atoms with Gasteiger partial charge in [0.25, 0.3) is 0 Å². The monoisotopic (exact) mass is 765 g/mol. The first kappa shape index (κ1) is 47.5. The third kappa shape index (κ3) is 21.8. The number of aliphatic hydroxyl groups is 2. The van der Waals surface area contributed by atoms with Crippen molar-refractivity contribution in [3.63, 3.8) is 0 Å². The third-order valence-electron chi connectivity index (χ3n) is 10.6. The van der Waals surface area contributed by atoms with Gasteiger partial charge in [-0.25, -0.2) is 24.4 Å². The number of hydrogen-bond donors (Lipinski definition) is 4. The van der Waals surface area contributed by atoms with E-state index in [1.807, 2.05) is 12.1 Å². The van der Waals surface area contributed by atoms with Crippen molar-refractivity contribution in [2.75, 3.05) is 19.8 Å². The minimum atomic E-state index is -0.739. The fraction of sp³-hybridized carbons (Fsp3) is 0.659. The van der Waals surface area contributed by atoms with Crippen LogP contribution in [-0.4, -0.2) is 66.4 Å². The van der Waals surface area contributed by atoms with Crippen LogP contribution in [0.2, 0.25) is 0 Å². The fourth-order valence-corrected chi connectivity index (χ4v) is 8.17. The van der Waals surface area contributed by atoms with Crippen molar-refractivity contribution in [2.24, 2.45) is 44.1 Å². The second kappa shape index (κ2) is 27.0. The topological polar surface area (TPSA) is 187 Å². The molecular formula is C44H68N4O7. The van der Waals surface area contributed by atoms with Crippen LogP contribution in [0.3, 0.4) is 0 Å². The number of nitrogens with zero attached hydrogens (tertiary/aromatic N) is 2. The van der Waals surface area contributed by atoms with E-state index in [9.17, 15) is 14.4 Å². The number of nitrogens with two attached hydrogens (primary N) is 2. The van der Waals surface area contributed by atoms with Gasteiger partial charge in [0.05, 0.1) is 12.6 Å². The number of benzene rings is 2. The highest BCUT2D eigenvalue weighted by atomic mass is 16.7. The Morgan fingerprint density at radius 3 is 1.56 bits per heavy atom. The Hall–Kier alpha value is -3.69. The van der Waals surface area contributed by atoms with Gasteiger partial charge in [0.1, 0.15) is 11.5 Å². The summed E-state index contributed by atoms with van der Waals surface area (Å²) in [6.45, 7) is 7.43. The highest BCUT2D eigenvalue weighted by Gasteiger charge is 2.41. The number of para-hydroxylation sites is 2. The highest BCUT2D eigenvalue weighted by molar-refractivity contribution is 5.66. The van der Waals surface area contributed by atoms with Gasteiger partial charge in [0, 0.05) is 25.3 Å². The molecule has 6 N–H and O–H groups in total. The smallest absolute Gasteiger partial charge is 0.396 e. The summed E-state index contributed by atoms with van der Waals surface area (Å²) in [7, 11) is 0. The zero-order chi connectivity index (χ0) is 40.4. The molecule has 3 saturated carbocycles. The molecule has 55 heavy (non-hydrogen) atoms. The number of ether oxygens (including phenoxy) is 2. The molecule has 0 saturated heterocycles. The SMILES string of the molecule is CC1(C)CC(N=C=O)CC(C)(CN=C=O)C1.NC1CCC(CC2CCC(N)CC2)CC1.O=C(Oc1ccccc1)Oc1ccccc1.OCCCCCCO. The lowest BCUT2D eigenvalue weighted by molar-refractivity contribution is 0.0915. The Balaban J connectivity index is 0.000000260. The standard InChI is InChI=1S/C13H26N2.C13H10O3.C12H18N2O2.C6H14O2/c14-12-5-1-10(2-6-12)9-11-3-7-13(15)8-4-11;14-13(15-11-7-3-1-4-8-11)16-12-9-5-2-6-10-12;1-11(2)4-10(14-9-16)5-12(3,6-11)7-13-8-15;7-5-3-1-2-4-6-8/h10-13H,1-9,14-15H2;1-10H;10H,4-7H2,1-3H3;7-8H,1-6H2. The van der Waals surface area contributed by atoms with Crippen molar-refractivity contribution >= 4 is 18.3 Å². The second-order valence-corrected chi connectivity index (χ2v) is 16.6. The number of hydrogen-bond acceptors (Lipinski definition) is 11. The Morgan fingerprint density at radius 1 is 0.709 bits per heavy atom. The Morgan fingerprint density at radius 2 is 1.16 bits per heavy atom. The molecule has 0 aromatic heterocycles. The van der Waals surface area contributed by atoms with Gasteiger partial charge in [-0.2, -0.15) is 0 Å². The molecule has 11 nitrogen and oxygen atoms in total. The molecule has 2 atom stereocenters. The summed E-state index contributed by atoms with van der Waals surface area (Å²) < 4.78 is 9.91. The first-order valence-corrected chi connectivity index (χ1v) is 20.2. The van der Waals surface area contributed by atoms with E-state index in [0.29, 0.717) is 30.1 Å². The molecule has 0 amide bonds. The van der Waals surface area contributed by atoms with Crippen molar-refractivity contribution in [2.45, 2.75) is 142 Å². The van der Waals surface area contributed by atoms with E-state index in [1.165, 1.54) is 57.8 Å². The molecule has 3 aliphatic carbocycles. The maximum Gasteiger partial charge on any atom is 0.519 e. The van der Waals surface area contributed by atoms with Gasteiger partial charge in [-0.05, 0) is 137 Å². The molecule has 11 heteroatoms. The van der Waals surface area contributed by atoms with Crippen molar-refractivity contribution in [3.05, 3.63) is 60.7 Å². The van der Waals surface area contributed by atoms with E-state index in [0.717, 1.165) is 56.8 Å². The predicted molar refractivity (Wildman–Crippen MR) is 217 cm³/mol. The van der Waals surface area contributed by atoms with Crippen LogP contribution in [0.25, 0.3) is 0 Å². The van der Waals surface area contributed by atoms with Gasteiger partial charge in [0.2, 0.25) is 12.2 Å². The molecule has 2 aromatic rings. The fourth-order valence-electron chi connectivity index (χ4n) is 8.17. The zero-order valence-electron chi connectivity index (χ0n) is 33.6. The van der Waals surface area contributed by atoms with Gasteiger partial charge in [-0.15, -0.1) is 0 Å². The molecule has 0 heterocycles. The minimum Gasteiger partial charge on any atom is -0.396 e. The second-order valence-electron chi connectivity index (χ2n) is 16.6. The average Bonchev–Trinajstić information content (AvgIpc) is 3.15. The molecule has 0 spiro atoms. The number of isocyanates is 2. The van der Waals surface area contributed by atoms with Crippen LogP contribution in [0.15, 0.2) is 70.6 Å². The molecule has 2 unspecified atom stereocenters. The van der Waals surface area contributed by atoms with Crippen LogP contribution < -0.4 is 20.9 Å². The third-order valence-corrected chi connectivity index (χ3v) is 10.6. The highest BCUT2D eigenvalue weighted by Crippen LogP contribution is 2.47. The van der Waals surface area contributed by atoms with Gasteiger partial charge >= 0.3 is 6.16 Å². The number of carbonyl (C=O) groups excluding carboxylic acids is 3. The lowest BCUT2D eigenvalue weighted by Gasteiger charge is -2.44. The van der Waals surface area contributed by atoms with E-state index in [2.05, 4.69) is 30.8 Å². The van der Waals surface area contributed by atoms with Crippen LogP contribution in [0.5, 0.6) is 11.5 Å². The van der Waals surface area contributed by atoms with Gasteiger partial charge < -0.3 is 31.2 Å². The summed E-state index contributed by atoms with van der Waals surface area (Å²) in [6, 6.07) is 18.6. The quantitative estimate of drug-likeness (QED) is 0.0541. The van der Waals surface area contributed by atoms with Crippen molar-refractivity contribution in [1.29, 1.82) is 0 Å². The molecule has 306 valence electrons. The minimum absolute atomic E-state index is 0.00750. The Labute approximate surface area is 329 Å². The molecule has 2 aromatic carbocycles. The van der Waals surface area contributed by atoms with Crippen LogP contribution in [0.1, 0.15) is 124 Å². The van der Waals surface area contributed by atoms with E-state index in [1.54, 1.807) is 60.7 Å². The van der Waals surface area contributed by atoms with E-state index >= 15 is 0 Å². The van der Waals surface area contributed by atoms with Crippen molar-refractivity contribution in [1.82, 2.24) is 0 Å². The van der Waals surface area contributed by atoms with Gasteiger partial charge in [0.15, 0.2) is 0 Å². The summed E-state index contributed by atoms with van der Waals surface area (Å²) in [4.78, 5) is 39.4. The lowest BCUT2D eigenvalue weighted by Crippen LogP contribution is -2.39.